The second-order valence-corrected chi connectivity index (χ2v) is 5.26. The maximum Gasteiger partial charge on any atom is 0.0207 e. The molecule has 0 N–H and O–H groups in total. The first-order valence-electron chi connectivity index (χ1n) is 4.74. The van der Waals surface area contributed by atoms with Crippen molar-refractivity contribution in [3.63, 3.8) is 0 Å². The topological polar surface area (TPSA) is 0 Å². The summed E-state index contributed by atoms with van der Waals surface area (Å²) in [5.41, 5.74) is 3.06. The van der Waals surface area contributed by atoms with Gasteiger partial charge in [-0.25, -0.2) is 0 Å². The van der Waals surface area contributed by atoms with E-state index in [4.69, 9.17) is 0 Å². The van der Waals surface area contributed by atoms with Crippen molar-refractivity contribution in [3.8, 4) is 0 Å². The average Bonchev–Trinajstić information content (AvgIpc) is 2.03. The van der Waals surface area contributed by atoms with Crippen LogP contribution in [0.4, 0.5) is 0 Å². The Bertz CT molecular complexity index is 294. The molecule has 0 saturated heterocycles. The quantitative estimate of drug-likeness (QED) is 0.687. The van der Waals surface area contributed by atoms with Crippen LogP contribution in [-0.4, -0.2) is 0 Å². The third kappa shape index (κ3) is 2.57. The largest absolute Gasteiger partial charge is 0.0613 e. The van der Waals surface area contributed by atoms with Crippen molar-refractivity contribution in [2.75, 3.05) is 0 Å². The molecule has 0 aromatic heterocycles. The van der Waals surface area contributed by atoms with Crippen molar-refractivity contribution in [1.82, 2.24) is 0 Å². The van der Waals surface area contributed by atoms with E-state index >= 15 is 0 Å². The molecular weight excluding hydrogens is 224 g/mol. The minimum atomic E-state index is 0.255. The van der Waals surface area contributed by atoms with E-state index in [0.29, 0.717) is 0 Å². The average molecular weight is 241 g/mol. The van der Waals surface area contributed by atoms with Gasteiger partial charge >= 0.3 is 0 Å². The zero-order valence-corrected chi connectivity index (χ0v) is 10.4. The molecule has 0 bridgehead atoms. The van der Waals surface area contributed by atoms with Crippen LogP contribution in [0, 0.1) is 0 Å². The molecule has 0 nitrogen and oxygen atoms in total. The molecule has 1 heteroatoms. The molecule has 13 heavy (non-hydrogen) atoms. The lowest BCUT2D eigenvalue weighted by molar-refractivity contribution is 0.589. The van der Waals surface area contributed by atoms with Crippen LogP contribution in [0.1, 0.15) is 38.8 Å². The number of rotatable bonds is 1. The zero-order valence-electron chi connectivity index (χ0n) is 8.82. The standard InChI is InChI=1S/C12H17Br/c1-5-9-8-10(12(2,3)4)6-7-11(9)13/h6-8H,5H2,1-4H3. The van der Waals surface area contributed by atoms with Gasteiger partial charge in [0.25, 0.3) is 0 Å². The lowest BCUT2D eigenvalue weighted by Crippen LogP contribution is -2.11. The molecule has 0 aliphatic heterocycles. The van der Waals surface area contributed by atoms with Gasteiger partial charge < -0.3 is 0 Å². The fraction of sp³-hybridized carbons (Fsp3) is 0.500. The molecule has 0 aliphatic carbocycles. The Morgan fingerprint density at radius 3 is 2.31 bits per heavy atom. The van der Waals surface area contributed by atoms with Crippen LogP contribution in [0.15, 0.2) is 22.7 Å². The molecule has 0 atom stereocenters. The van der Waals surface area contributed by atoms with Gasteiger partial charge in [0.2, 0.25) is 0 Å². The molecule has 0 aliphatic rings. The summed E-state index contributed by atoms with van der Waals surface area (Å²) < 4.78 is 1.23. The van der Waals surface area contributed by atoms with Crippen LogP contribution in [0.5, 0.6) is 0 Å². The molecule has 0 radical (unpaired) electrons. The molecule has 72 valence electrons. The van der Waals surface area contributed by atoms with E-state index in [2.05, 4.69) is 61.8 Å². The first kappa shape index (κ1) is 10.8. The van der Waals surface area contributed by atoms with Gasteiger partial charge in [0.15, 0.2) is 0 Å². The van der Waals surface area contributed by atoms with E-state index in [1.54, 1.807) is 0 Å². The zero-order chi connectivity index (χ0) is 10.1. The Morgan fingerprint density at radius 1 is 1.23 bits per heavy atom. The lowest BCUT2D eigenvalue weighted by atomic mass is 9.86. The Kier molecular flexibility index (Phi) is 3.18. The number of aryl methyl sites for hydroxylation is 1. The van der Waals surface area contributed by atoms with Gasteiger partial charge in [0.05, 0.1) is 0 Å². The van der Waals surface area contributed by atoms with Gasteiger partial charge in [-0.3, -0.25) is 0 Å². The molecule has 1 aromatic carbocycles. The summed E-state index contributed by atoms with van der Waals surface area (Å²) in [7, 11) is 0. The number of hydrogen-bond acceptors (Lipinski definition) is 0. The molecule has 0 fully saturated rings. The maximum absolute atomic E-state index is 3.56. The third-order valence-electron chi connectivity index (χ3n) is 2.29. The molecule has 1 rings (SSSR count). The predicted molar refractivity (Wildman–Crippen MR) is 62.2 cm³/mol. The molecule has 1 aromatic rings. The summed E-state index contributed by atoms with van der Waals surface area (Å²) in [6.07, 6.45) is 1.09. The van der Waals surface area contributed by atoms with E-state index in [1.165, 1.54) is 15.6 Å². The highest BCUT2D eigenvalue weighted by Gasteiger charge is 2.14. The lowest BCUT2D eigenvalue weighted by Gasteiger charge is -2.20. The van der Waals surface area contributed by atoms with Gasteiger partial charge in [-0.15, -0.1) is 0 Å². The summed E-state index contributed by atoms with van der Waals surface area (Å²) in [4.78, 5) is 0. The highest BCUT2D eigenvalue weighted by molar-refractivity contribution is 9.10. The first-order valence-corrected chi connectivity index (χ1v) is 5.53. The molecule has 0 saturated carbocycles. The van der Waals surface area contributed by atoms with Gasteiger partial charge in [0, 0.05) is 4.47 Å². The Labute approximate surface area is 89.5 Å². The van der Waals surface area contributed by atoms with Gasteiger partial charge in [0.1, 0.15) is 0 Å². The van der Waals surface area contributed by atoms with Crippen LogP contribution >= 0.6 is 15.9 Å². The van der Waals surface area contributed by atoms with Crippen molar-refractivity contribution in [1.29, 1.82) is 0 Å². The van der Waals surface area contributed by atoms with Crippen LogP contribution < -0.4 is 0 Å². The monoisotopic (exact) mass is 240 g/mol. The van der Waals surface area contributed by atoms with Crippen LogP contribution in [0.2, 0.25) is 0 Å². The van der Waals surface area contributed by atoms with Gasteiger partial charge in [-0.05, 0) is 29.0 Å². The number of halogens is 1. The first-order chi connectivity index (χ1) is 5.95. The molecule has 0 amide bonds. The van der Waals surface area contributed by atoms with Crippen LogP contribution in [0.25, 0.3) is 0 Å². The van der Waals surface area contributed by atoms with Crippen LogP contribution in [-0.2, 0) is 11.8 Å². The van der Waals surface area contributed by atoms with Crippen molar-refractivity contribution in [3.05, 3.63) is 33.8 Å². The normalized spacial score (nSPS) is 11.8. The highest BCUT2D eigenvalue weighted by Crippen LogP contribution is 2.26. The molecule has 0 heterocycles. The third-order valence-corrected chi connectivity index (χ3v) is 3.07. The van der Waals surface area contributed by atoms with E-state index in [9.17, 15) is 0 Å². The van der Waals surface area contributed by atoms with E-state index in [1.807, 2.05) is 0 Å². The minimum absolute atomic E-state index is 0.255. The second-order valence-electron chi connectivity index (χ2n) is 4.41. The highest BCUT2D eigenvalue weighted by atomic mass is 79.9. The molecular formula is C12H17Br. The van der Waals surface area contributed by atoms with E-state index < -0.39 is 0 Å². The minimum Gasteiger partial charge on any atom is -0.0613 e. The van der Waals surface area contributed by atoms with Gasteiger partial charge in [-0.2, -0.15) is 0 Å². The second kappa shape index (κ2) is 3.83. The molecule has 0 spiro atoms. The predicted octanol–water partition coefficient (Wildman–Crippen LogP) is 4.31. The fourth-order valence-electron chi connectivity index (χ4n) is 1.31. The molecule has 0 unspecified atom stereocenters. The van der Waals surface area contributed by atoms with Gasteiger partial charge in [-0.1, -0.05) is 55.8 Å². The van der Waals surface area contributed by atoms with Crippen molar-refractivity contribution in [2.24, 2.45) is 0 Å². The Morgan fingerprint density at radius 2 is 1.85 bits per heavy atom. The summed E-state index contributed by atoms with van der Waals surface area (Å²) >= 11 is 3.56. The van der Waals surface area contributed by atoms with E-state index in [0.717, 1.165) is 6.42 Å². The maximum atomic E-state index is 3.56. The summed E-state index contributed by atoms with van der Waals surface area (Å²) in [6, 6.07) is 6.65. The van der Waals surface area contributed by atoms with Crippen LogP contribution in [0.3, 0.4) is 0 Å². The SMILES string of the molecule is CCc1cc(C(C)(C)C)ccc1Br. The Hall–Kier alpha value is -0.300. The van der Waals surface area contributed by atoms with Crippen molar-refractivity contribution >= 4 is 15.9 Å². The van der Waals surface area contributed by atoms with Crippen molar-refractivity contribution in [2.45, 2.75) is 39.5 Å². The Balaban J connectivity index is 3.14. The summed E-state index contributed by atoms with van der Waals surface area (Å²) in [5, 5.41) is 0. The summed E-state index contributed by atoms with van der Waals surface area (Å²) in [5.74, 6) is 0. The fourth-order valence-corrected chi connectivity index (χ4v) is 1.84. The number of hydrogen-bond donors (Lipinski definition) is 0. The summed E-state index contributed by atoms with van der Waals surface area (Å²) in [6.45, 7) is 8.92. The van der Waals surface area contributed by atoms with Crippen molar-refractivity contribution < 1.29 is 0 Å². The smallest absolute Gasteiger partial charge is 0.0207 e. The van der Waals surface area contributed by atoms with E-state index in [-0.39, 0.29) is 5.41 Å². The number of benzene rings is 1.